The summed E-state index contributed by atoms with van der Waals surface area (Å²) in [4.78, 5) is 4.56. The largest absolute Gasteiger partial charge is 0.334 e. The number of amidine groups is 1. The van der Waals surface area contributed by atoms with Crippen LogP contribution in [-0.4, -0.2) is 17.0 Å². The SMILES string of the molecule is C[C@@H]1CSC(Nc2cccc3ccccc23)=N1. The Kier molecular flexibility index (Phi) is 2.77. The summed E-state index contributed by atoms with van der Waals surface area (Å²) < 4.78 is 0. The van der Waals surface area contributed by atoms with Crippen LogP contribution in [0.5, 0.6) is 0 Å². The average Bonchev–Trinajstić information content (AvgIpc) is 2.75. The van der Waals surface area contributed by atoms with Gasteiger partial charge in [0.2, 0.25) is 0 Å². The molecule has 0 unspecified atom stereocenters. The predicted molar refractivity (Wildman–Crippen MR) is 76.9 cm³/mol. The Balaban J connectivity index is 1.98. The van der Waals surface area contributed by atoms with Crippen molar-refractivity contribution >= 4 is 33.4 Å². The van der Waals surface area contributed by atoms with Gasteiger partial charge in [0.1, 0.15) is 0 Å². The Morgan fingerprint density at radius 2 is 2.00 bits per heavy atom. The Bertz CT molecular complexity index is 572. The van der Waals surface area contributed by atoms with Crippen molar-refractivity contribution in [2.45, 2.75) is 13.0 Å². The summed E-state index contributed by atoms with van der Waals surface area (Å²) >= 11 is 1.79. The van der Waals surface area contributed by atoms with Crippen molar-refractivity contribution in [3.8, 4) is 0 Å². The normalized spacial score (nSPS) is 19.4. The van der Waals surface area contributed by atoms with E-state index in [1.54, 1.807) is 11.8 Å². The van der Waals surface area contributed by atoms with E-state index in [4.69, 9.17) is 0 Å². The van der Waals surface area contributed by atoms with E-state index in [9.17, 15) is 0 Å². The van der Waals surface area contributed by atoms with E-state index in [0.29, 0.717) is 6.04 Å². The Labute approximate surface area is 105 Å². The van der Waals surface area contributed by atoms with E-state index in [0.717, 1.165) is 16.6 Å². The molecule has 0 saturated carbocycles. The molecule has 1 heterocycles. The fourth-order valence-corrected chi connectivity index (χ4v) is 2.90. The number of rotatable bonds is 1. The van der Waals surface area contributed by atoms with Gasteiger partial charge in [-0.15, -0.1) is 0 Å². The smallest absolute Gasteiger partial charge is 0.161 e. The lowest BCUT2D eigenvalue weighted by Crippen LogP contribution is -2.05. The van der Waals surface area contributed by atoms with E-state index in [1.807, 2.05) is 0 Å². The van der Waals surface area contributed by atoms with Crippen molar-refractivity contribution < 1.29 is 0 Å². The maximum atomic E-state index is 4.56. The van der Waals surface area contributed by atoms with Crippen molar-refractivity contribution in [2.75, 3.05) is 11.1 Å². The molecule has 1 atom stereocenters. The summed E-state index contributed by atoms with van der Waals surface area (Å²) in [6.45, 7) is 2.14. The number of anilines is 1. The lowest BCUT2D eigenvalue weighted by molar-refractivity contribution is 0.865. The highest BCUT2D eigenvalue weighted by atomic mass is 32.2. The van der Waals surface area contributed by atoms with Gasteiger partial charge in [-0.1, -0.05) is 48.2 Å². The van der Waals surface area contributed by atoms with Crippen LogP contribution in [0.4, 0.5) is 5.69 Å². The zero-order chi connectivity index (χ0) is 11.7. The van der Waals surface area contributed by atoms with E-state index < -0.39 is 0 Å². The molecule has 2 aromatic carbocycles. The molecule has 0 aliphatic carbocycles. The third-order valence-corrected chi connectivity index (χ3v) is 3.96. The van der Waals surface area contributed by atoms with Gasteiger partial charge < -0.3 is 5.32 Å². The molecule has 0 amide bonds. The van der Waals surface area contributed by atoms with E-state index in [2.05, 4.69) is 59.7 Å². The summed E-state index contributed by atoms with van der Waals surface area (Å²) in [7, 11) is 0. The van der Waals surface area contributed by atoms with Crippen LogP contribution in [0.25, 0.3) is 10.8 Å². The first-order valence-electron chi connectivity index (χ1n) is 5.78. The molecule has 86 valence electrons. The number of hydrogen-bond acceptors (Lipinski definition) is 3. The minimum atomic E-state index is 0.428. The van der Waals surface area contributed by atoms with E-state index in [1.165, 1.54) is 10.8 Å². The minimum Gasteiger partial charge on any atom is -0.334 e. The number of hydrogen-bond donors (Lipinski definition) is 1. The standard InChI is InChI=1S/C14H14N2S/c1-10-9-17-14(15-10)16-13-8-4-6-11-5-2-3-7-12(11)13/h2-8,10H,9H2,1H3,(H,15,16)/t10-/m1/s1. The third kappa shape index (κ3) is 2.15. The van der Waals surface area contributed by atoms with Crippen molar-refractivity contribution in [1.29, 1.82) is 0 Å². The van der Waals surface area contributed by atoms with Crippen molar-refractivity contribution in [1.82, 2.24) is 0 Å². The van der Waals surface area contributed by atoms with Crippen LogP contribution in [0.2, 0.25) is 0 Å². The maximum absolute atomic E-state index is 4.56. The van der Waals surface area contributed by atoms with Gasteiger partial charge in [0.25, 0.3) is 0 Å². The lowest BCUT2D eigenvalue weighted by Gasteiger charge is -2.08. The monoisotopic (exact) mass is 242 g/mol. The van der Waals surface area contributed by atoms with Gasteiger partial charge >= 0.3 is 0 Å². The van der Waals surface area contributed by atoms with Gasteiger partial charge in [0.05, 0.1) is 6.04 Å². The Hall–Kier alpha value is -1.48. The van der Waals surface area contributed by atoms with Gasteiger partial charge in [0, 0.05) is 16.8 Å². The van der Waals surface area contributed by atoms with Crippen molar-refractivity contribution in [3.05, 3.63) is 42.5 Å². The topological polar surface area (TPSA) is 24.4 Å². The molecule has 0 radical (unpaired) electrons. The fraction of sp³-hybridized carbons (Fsp3) is 0.214. The molecule has 0 aromatic heterocycles. The highest BCUT2D eigenvalue weighted by molar-refractivity contribution is 8.14. The Morgan fingerprint density at radius 3 is 2.82 bits per heavy atom. The fourth-order valence-electron chi connectivity index (χ4n) is 1.99. The second kappa shape index (κ2) is 4.41. The zero-order valence-corrected chi connectivity index (χ0v) is 10.5. The molecular weight excluding hydrogens is 228 g/mol. The minimum absolute atomic E-state index is 0.428. The quantitative estimate of drug-likeness (QED) is 0.823. The van der Waals surface area contributed by atoms with Gasteiger partial charge in [-0.05, 0) is 18.4 Å². The Morgan fingerprint density at radius 1 is 1.18 bits per heavy atom. The second-order valence-electron chi connectivity index (χ2n) is 4.25. The van der Waals surface area contributed by atoms with Gasteiger partial charge in [0.15, 0.2) is 5.17 Å². The van der Waals surface area contributed by atoms with E-state index in [-0.39, 0.29) is 0 Å². The van der Waals surface area contributed by atoms with Crippen LogP contribution in [0.1, 0.15) is 6.92 Å². The molecule has 2 nitrogen and oxygen atoms in total. The maximum Gasteiger partial charge on any atom is 0.161 e. The molecule has 0 bridgehead atoms. The van der Waals surface area contributed by atoms with Crippen molar-refractivity contribution in [2.24, 2.45) is 4.99 Å². The van der Waals surface area contributed by atoms with Gasteiger partial charge in [-0.25, -0.2) is 0 Å². The lowest BCUT2D eigenvalue weighted by atomic mass is 10.1. The number of nitrogens with zero attached hydrogens (tertiary/aromatic N) is 1. The summed E-state index contributed by atoms with van der Waals surface area (Å²) in [6, 6.07) is 15.1. The highest BCUT2D eigenvalue weighted by Gasteiger charge is 2.14. The first-order chi connectivity index (χ1) is 8.33. The number of aliphatic imine (C=N–C) groups is 1. The molecule has 1 N–H and O–H groups in total. The molecule has 3 rings (SSSR count). The molecule has 0 saturated heterocycles. The summed E-state index contributed by atoms with van der Waals surface area (Å²) in [6.07, 6.45) is 0. The van der Waals surface area contributed by atoms with Crippen LogP contribution in [0.15, 0.2) is 47.5 Å². The number of benzene rings is 2. The highest BCUT2D eigenvalue weighted by Crippen LogP contribution is 2.26. The van der Waals surface area contributed by atoms with Gasteiger partial charge in [-0.3, -0.25) is 4.99 Å². The van der Waals surface area contributed by atoms with Crippen LogP contribution >= 0.6 is 11.8 Å². The first kappa shape index (κ1) is 10.7. The number of fused-ring (bicyclic) bond motifs is 1. The van der Waals surface area contributed by atoms with Crippen LogP contribution in [-0.2, 0) is 0 Å². The summed E-state index contributed by atoms with van der Waals surface area (Å²) in [5, 5.41) is 6.97. The number of thioether (sulfide) groups is 1. The molecule has 3 heteroatoms. The zero-order valence-electron chi connectivity index (χ0n) is 9.68. The average molecular weight is 242 g/mol. The molecule has 0 fully saturated rings. The van der Waals surface area contributed by atoms with Crippen LogP contribution in [0, 0.1) is 0 Å². The summed E-state index contributed by atoms with van der Waals surface area (Å²) in [5.74, 6) is 1.08. The molecule has 2 aromatic rings. The number of nitrogens with one attached hydrogen (secondary N) is 1. The van der Waals surface area contributed by atoms with Crippen LogP contribution < -0.4 is 5.32 Å². The van der Waals surface area contributed by atoms with Crippen LogP contribution in [0.3, 0.4) is 0 Å². The molecule has 0 spiro atoms. The molecule has 1 aliphatic rings. The molecular formula is C14H14N2S. The summed E-state index contributed by atoms with van der Waals surface area (Å²) in [5.41, 5.74) is 1.14. The molecule has 1 aliphatic heterocycles. The second-order valence-corrected chi connectivity index (χ2v) is 5.25. The van der Waals surface area contributed by atoms with Gasteiger partial charge in [-0.2, -0.15) is 0 Å². The van der Waals surface area contributed by atoms with E-state index >= 15 is 0 Å². The first-order valence-corrected chi connectivity index (χ1v) is 6.77. The molecule has 17 heavy (non-hydrogen) atoms. The third-order valence-electron chi connectivity index (χ3n) is 2.83. The van der Waals surface area contributed by atoms with Crippen molar-refractivity contribution in [3.63, 3.8) is 0 Å². The predicted octanol–water partition coefficient (Wildman–Crippen LogP) is 3.74.